The Morgan fingerprint density at radius 3 is 3.05 bits per heavy atom. The van der Waals surface area contributed by atoms with Crippen molar-refractivity contribution in [2.75, 3.05) is 24.5 Å². The minimum Gasteiger partial charge on any atom is -0.356 e. The van der Waals surface area contributed by atoms with Crippen molar-refractivity contribution in [2.24, 2.45) is 5.92 Å². The van der Waals surface area contributed by atoms with E-state index >= 15 is 0 Å². The largest absolute Gasteiger partial charge is 0.356 e. The number of benzene rings is 1. The number of carbonyl (C=O) groups is 1. The van der Waals surface area contributed by atoms with E-state index in [0.717, 1.165) is 29.2 Å². The maximum atomic E-state index is 13.6. The van der Waals surface area contributed by atoms with E-state index in [1.807, 2.05) is 11.0 Å². The maximum Gasteiger partial charge on any atom is 0.226 e. The summed E-state index contributed by atoms with van der Waals surface area (Å²) >= 11 is 1.47. The molecule has 0 spiro atoms. The second-order valence-electron chi connectivity index (χ2n) is 5.33. The Morgan fingerprint density at radius 1 is 1.52 bits per heavy atom. The number of carbonyl (C=O) groups excluding carboxylic acids is 1. The van der Waals surface area contributed by atoms with Crippen LogP contribution in [0.1, 0.15) is 19.8 Å². The molecule has 0 atom stereocenters. The summed E-state index contributed by atoms with van der Waals surface area (Å²) in [5.74, 6) is -0.143. The van der Waals surface area contributed by atoms with Gasteiger partial charge in [-0.15, -0.1) is 0 Å². The number of thiazole rings is 1. The van der Waals surface area contributed by atoms with Crippen molar-refractivity contribution in [3.63, 3.8) is 0 Å². The summed E-state index contributed by atoms with van der Waals surface area (Å²) in [4.78, 5) is 18.3. The molecule has 2 heterocycles. The number of hydrogen-bond donors (Lipinski definition) is 1. The first-order valence-electron chi connectivity index (χ1n) is 7.26. The highest BCUT2D eigenvalue weighted by Crippen LogP contribution is 2.33. The van der Waals surface area contributed by atoms with Crippen molar-refractivity contribution in [1.82, 2.24) is 10.3 Å². The Morgan fingerprint density at radius 2 is 2.33 bits per heavy atom. The van der Waals surface area contributed by atoms with E-state index in [1.54, 1.807) is 6.07 Å². The van der Waals surface area contributed by atoms with Crippen molar-refractivity contribution >= 4 is 32.6 Å². The Bertz CT molecular complexity index is 651. The third-order valence-electron chi connectivity index (χ3n) is 3.71. The normalized spacial score (nSPS) is 15.2. The molecule has 4 nitrogen and oxygen atoms in total. The number of para-hydroxylation sites is 1. The Balaban J connectivity index is 1.60. The molecule has 21 heavy (non-hydrogen) atoms. The molecular formula is C15H18FN3OS. The number of nitrogens with zero attached hydrogens (tertiary/aromatic N) is 2. The van der Waals surface area contributed by atoms with E-state index < -0.39 is 0 Å². The number of hydrogen-bond acceptors (Lipinski definition) is 4. The van der Waals surface area contributed by atoms with Crippen LogP contribution in [0, 0.1) is 11.7 Å². The summed E-state index contributed by atoms with van der Waals surface area (Å²) in [6.45, 7) is 4.18. The highest BCUT2D eigenvalue weighted by Gasteiger charge is 2.34. The van der Waals surface area contributed by atoms with Crippen molar-refractivity contribution in [3.8, 4) is 0 Å². The van der Waals surface area contributed by atoms with Crippen LogP contribution < -0.4 is 10.2 Å². The number of rotatable bonds is 5. The summed E-state index contributed by atoms with van der Waals surface area (Å²) in [6.07, 6.45) is 2.09. The van der Waals surface area contributed by atoms with Gasteiger partial charge in [0.15, 0.2) is 5.13 Å². The van der Waals surface area contributed by atoms with Crippen molar-refractivity contribution in [2.45, 2.75) is 19.8 Å². The van der Waals surface area contributed by atoms with Gasteiger partial charge in [0.25, 0.3) is 0 Å². The van der Waals surface area contributed by atoms with Gasteiger partial charge in [-0.2, -0.15) is 0 Å². The van der Waals surface area contributed by atoms with Crippen LogP contribution in [-0.2, 0) is 4.79 Å². The topological polar surface area (TPSA) is 45.2 Å². The number of fused-ring (bicyclic) bond motifs is 1. The monoisotopic (exact) mass is 307 g/mol. The van der Waals surface area contributed by atoms with Gasteiger partial charge in [0.2, 0.25) is 5.91 Å². The lowest BCUT2D eigenvalue weighted by molar-refractivity contribution is -0.125. The number of halogens is 1. The molecule has 0 radical (unpaired) electrons. The van der Waals surface area contributed by atoms with E-state index in [4.69, 9.17) is 0 Å². The molecule has 1 amide bonds. The first-order chi connectivity index (χ1) is 10.2. The molecule has 3 rings (SSSR count). The molecule has 1 aliphatic heterocycles. The fourth-order valence-electron chi connectivity index (χ4n) is 2.37. The Hall–Kier alpha value is -1.69. The molecule has 1 aromatic carbocycles. The molecule has 1 aromatic heterocycles. The van der Waals surface area contributed by atoms with Gasteiger partial charge in [0, 0.05) is 19.6 Å². The van der Waals surface area contributed by atoms with Crippen molar-refractivity contribution in [1.29, 1.82) is 0 Å². The van der Waals surface area contributed by atoms with Gasteiger partial charge in [-0.1, -0.05) is 30.7 Å². The molecule has 112 valence electrons. The lowest BCUT2D eigenvalue weighted by Crippen LogP contribution is -2.53. The summed E-state index contributed by atoms with van der Waals surface area (Å²) < 4.78 is 14.5. The van der Waals surface area contributed by atoms with Gasteiger partial charge in [0.1, 0.15) is 11.3 Å². The first kappa shape index (κ1) is 14.3. The standard InChI is InChI=1S/C15H18FN3OS/c1-2-3-7-17-14(20)10-8-19(9-10)15-18-13-11(16)5-4-6-12(13)21-15/h4-6,10H,2-3,7-9H2,1H3,(H,17,20). The van der Waals surface area contributed by atoms with Crippen LogP contribution in [0.4, 0.5) is 9.52 Å². The highest BCUT2D eigenvalue weighted by atomic mass is 32.1. The smallest absolute Gasteiger partial charge is 0.226 e. The van der Waals surface area contributed by atoms with E-state index in [9.17, 15) is 9.18 Å². The molecule has 1 saturated heterocycles. The second-order valence-corrected chi connectivity index (χ2v) is 6.34. The lowest BCUT2D eigenvalue weighted by atomic mass is 10.00. The van der Waals surface area contributed by atoms with Crippen LogP contribution in [0.15, 0.2) is 18.2 Å². The second kappa shape index (κ2) is 5.97. The van der Waals surface area contributed by atoms with E-state index in [2.05, 4.69) is 17.2 Å². The fourth-order valence-corrected chi connectivity index (χ4v) is 3.37. The zero-order valence-electron chi connectivity index (χ0n) is 11.9. The quantitative estimate of drug-likeness (QED) is 0.864. The predicted molar refractivity (Wildman–Crippen MR) is 83.2 cm³/mol. The number of nitrogens with one attached hydrogen (secondary N) is 1. The number of aromatic nitrogens is 1. The highest BCUT2D eigenvalue weighted by molar-refractivity contribution is 7.22. The summed E-state index contributed by atoms with van der Waals surface area (Å²) in [7, 11) is 0. The third-order valence-corrected chi connectivity index (χ3v) is 4.79. The molecule has 1 aliphatic rings. The summed E-state index contributed by atoms with van der Waals surface area (Å²) in [5.41, 5.74) is 0.424. The van der Waals surface area contributed by atoms with E-state index in [-0.39, 0.29) is 17.6 Å². The number of anilines is 1. The van der Waals surface area contributed by atoms with Crippen LogP contribution in [0.3, 0.4) is 0 Å². The summed E-state index contributed by atoms with van der Waals surface area (Å²) in [6, 6.07) is 4.99. The van der Waals surface area contributed by atoms with Crippen LogP contribution in [-0.4, -0.2) is 30.5 Å². The van der Waals surface area contributed by atoms with E-state index in [1.165, 1.54) is 17.4 Å². The van der Waals surface area contributed by atoms with Crippen LogP contribution in [0.5, 0.6) is 0 Å². The molecule has 0 unspecified atom stereocenters. The third kappa shape index (κ3) is 2.85. The average molecular weight is 307 g/mol. The molecule has 0 saturated carbocycles. The van der Waals surface area contributed by atoms with Gasteiger partial charge >= 0.3 is 0 Å². The maximum absolute atomic E-state index is 13.6. The van der Waals surface area contributed by atoms with E-state index in [0.29, 0.717) is 18.6 Å². The van der Waals surface area contributed by atoms with Gasteiger partial charge in [-0.05, 0) is 18.6 Å². The SMILES string of the molecule is CCCCNC(=O)C1CN(c2nc3c(F)cccc3s2)C1. The zero-order chi connectivity index (χ0) is 14.8. The number of amides is 1. The van der Waals surface area contributed by atoms with Crippen molar-refractivity contribution in [3.05, 3.63) is 24.0 Å². The number of unbranched alkanes of at least 4 members (excludes halogenated alkanes) is 1. The van der Waals surface area contributed by atoms with Gasteiger partial charge < -0.3 is 10.2 Å². The predicted octanol–water partition coefficient (Wildman–Crippen LogP) is 2.79. The average Bonchev–Trinajstić information content (AvgIpc) is 2.82. The van der Waals surface area contributed by atoms with Crippen LogP contribution >= 0.6 is 11.3 Å². The molecule has 2 aromatic rings. The molecule has 1 N–H and O–H groups in total. The molecule has 0 bridgehead atoms. The molecule has 1 fully saturated rings. The minimum atomic E-state index is -0.288. The molecule has 0 aliphatic carbocycles. The van der Waals surface area contributed by atoms with Crippen LogP contribution in [0.2, 0.25) is 0 Å². The molecular weight excluding hydrogens is 289 g/mol. The Kier molecular flexibility index (Phi) is 4.05. The van der Waals surface area contributed by atoms with Gasteiger partial charge in [0.05, 0.1) is 10.6 Å². The van der Waals surface area contributed by atoms with Gasteiger partial charge in [-0.3, -0.25) is 4.79 Å². The van der Waals surface area contributed by atoms with Gasteiger partial charge in [-0.25, -0.2) is 9.37 Å². The zero-order valence-corrected chi connectivity index (χ0v) is 12.8. The van der Waals surface area contributed by atoms with Crippen molar-refractivity contribution < 1.29 is 9.18 Å². The van der Waals surface area contributed by atoms with Crippen LogP contribution in [0.25, 0.3) is 10.2 Å². The minimum absolute atomic E-state index is 0.0266. The summed E-state index contributed by atoms with van der Waals surface area (Å²) in [5, 5.41) is 3.75. The fraction of sp³-hybridized carbons (Fsp3) is 0.467. The first-order valence-corrected chi connectivity index (χ1v) is 8.08. The lowest BCUT2D eigenvalue weighted by Gasteiger charge is -2.37. The molecule has 6 heteroatoms. The Labute approximate surface area is 127 Å².